The molecule has 7 nitrogen and oxygen atoms in total. The van der Waals surface area contributed by atoms with Gasteiger partial charge in [-0.2, -0.15) is 4.72 Å². The number of anilines is 1. The zero-order valence-electron chi connectivity index (χ0n) is 16.9. The average molecular weight is 453 g/mol. The molecule has 1 amide bonds. The van der Waals surface area contributed by atoms with Crippen molar-refractivity contribution in [3.63, 3.8) is 0 Å². The van der Waals surface area contributed by atoms with Crippen molar-refractivity contribution in [2.45, 2.75) is 44.0 Å². The Morgan fingerprint density at radius 1 is 1.03 bits per heavy atom. The Labute approximate surface area is 181 Å². The molecule has 2 aromatic carbocycles. The zero-order valence-corrected chi connectivity index (χ0v) is 18.4. The van der Waals surface area contributed by atoms with E-state index >= 15 is 0 Å². The number of amides is 1. The maximum atomic E-state index is 12.8. The van der Waals surface area contributed by atoms with Crippen LogP contribution < -0.4 is 10.0 Å². The molecule has 1 atom stereocenters. The number of carbonyl (C=O) groups is 2. The lowest BCUT2D eigenvalue weighted by Crippen LogP contribution is -2.43. The lowest BCUT2D eigenvalue weighted by atomic mass is 10.1. The van der Waals surface area contributed by atoms with Gasteiger partial charge in [0, 0.05) is 10.7 Å². The van der Waals surface area contributed by atoms with Gasteiger partial charge < -0.3 is 10.1 Å². The van der Waals surface area contributed by atoms with Gasteiger partial charge in [0.05, 0.1) is 17.1 Å². The van der Waals surface area contributed by atoms with E-state index in [-0.39, 0.29) is 11.5 Å². The number of halogens is 1. The molecule has 2 rings (SSSR count). The van der Waals surface area contributed by atoms with Crippen LogP contribution in [0, 0.1) is 0 Å². The van der Waals surface area contributed by atoms with E-state index in [0.717, 1.165) is 6.42 Å². The van der Waals surface area contributed by atoms with Gasteiger partial charge in [0.25, 0.3) is 0 Å². The highest BCUT2D eigenvalue weighted by atomic mass is 35.5. The summed E-state index contributed by atoms with van der Waals surface area (Å²) in [6.45, 7) is 3.94. The maximum Gasteiger partial charge on any atom is 0.338 e. The van der Waals surface area contributed by atoms with Gasteiger partial charge in [0.1, 0.15) is 6.04 Å². The number of sulfonamides is 1. The van der Waals surface area contributed by atoms with Crippen molar-refractivity contribution in [2.24, 2.45) is 0 Å². The number of benzene rings is 2. The molecule has 0 aromatic heterocycles. The summed E-state index contributed by atoms with van der Waals surface area (Å²) in [6, 6.07) is 11.0. The smallest absolute Gasteiger partial charge is 0.338 e. The number of hydrogen-bond donors (Lipinski definition) is 2. The summed E-state index contributed by atoms with van der Waals surface area (Å²) < 4.78 is 32.7. The van der Waals surface area contributed by atoms with Crippen LogP contribution in [0.2, 0.25) is 5.02 Å². The Balaban J connectivity index is 2.13. The molecule has 0 saturated carbocycles. The van der Waals surface area contributed by atoms with Crippen LogP contribution in [0.25, 0.3) is 0 Å². The minimum absolute atomic E-state index is 0.0278. The van der Waals surface area contributed by atoms with Crippen molar-refractivity contribution < 1.29 is 22.7 Å². The molecule has 0 aliphatic carbocycles. The quantitative estimate of drug-likeness (QED) is 0.530. The van der Waals surface area contributed by atoms with Crippen LogP contribution in [0.3, 0.4) is 0 Å². The second-order valence-corrected chi connectivity index (χ2v) is 8.71. The molecule has 2 aromatic rings. The molecular formula is C21H25ClN2O5S. The van der Waals surface area contributed by atoms with Gasteiger partial charge in [-0.1, -0.05) is 31.4 Å². The fraction of sp³-hybridized carbons (Fsp3) is 0.333. The van der Waals surface area contributed by atoms with Crippen LogP contribution in [-0.4, -0.2) is 32.9 Å². The summed E-state index contributed by atoms with van der Waals surface area (Å²) in [5, 5.41) is 3.11. The van der Waals surface area contributed by atoms with Crippen molar-refractivity contribution in [2.75, 3.05) is 11.9 Å². The van der Waals surface area contributed by atoms with Crippen LogP contribution in [0.1, 0.15) is 43.5 Å². The number of ether oxygens (including phenoxy) is 1. The van der Waals surface area contributed by atoms with Crippen LogP contribution in [0.4, 0.5) is 5.69 Å². The first kappa shape index (κ1) is 23.9. The lowest BCUT2D eigenvalue weighted by molar-refractivity contribution is -0.117. The van der Waals surface area contributed by atoms with E-state index in [1.165, 1.54) is 36.4 Å². The van der Waals surface area contributed by atoms with Gasteiger partial charge in [-0.3, -0.25) is 4.79 Å². The second-order valence-electron chi connectivity index (χ2n) is 6.56. The van der Waals surface area contributed by atoms with Gasteiger partial charge in [0.2, 0.25) is 15.9 Å². The van der Waals surface area contributed by atoms with E-state index < -0.39 is 27.9 Å². The van der Waals surface area contributed by atoms with Crippen molar-refractivity contribution in [1.29, 1.82) is 0 Å². The number of esters is 1. The van der Waals surface area contributed by atoms with Crippen LogP contribution in [-0.2, 0) is 19.6 Å². The fourth-order valence-electron chi connectivity index (χ4n) is 2.65. The highest BCUT2D eigenvalue weighted by Crippen LogP contribution is 2.17. The Morgan fingerprint density at radius 3 is 2.23 bits per heavy atom. The molecule has 0 aliphatic rings. The largest absolute Gasteiger partial charge is 0.462 e. The number of carbonyl (C=O) groups excluding carboxylic acids is 2. The molecular weight excluding hydrogens is 428 g/mol. The first-order valence-corrected chi connectivity index (χ1v) is 11.5. The molecule has 30 heavy (non-hydrogen) atoms. The third-order valence-corrected chi connectivity index (χ3v) is 5.99. The van der Waals surface area contributed by atoms with Gasteiger partial charge in [-0.25, -0.2) is 13.2 Å². The number of nitrogens with one attached hydrogen (secondary N) is 2. The minimum Gasteiger partial charge on any atom is -0.462 e. The van der Waals surface area contributed by atoms with E-state index in [0.29, 0.717) is 29.1 Å². The Kier molecular flexibility index (Phi) is 8.83. The summed E-state index contributed by atoms with van der Waals surface area (Å²) in [5.41, 5.74) is 0.807. The summed E-state index contributed by atoms with van der Waals surface area (Å²) in [5.74, 6) is -0.934. The number of unbranched alkanes of at least 4 members (excludes halogenated alkanes) is 1. The minimum atomic E-state index is -3.90. The SMILES string of the molecule is CCCCC(NS(=O)(=O)c1ccc(Cl)cc1)C(=O)Nc1ccc(C(=O)OCC)cc1. The summed E-state index contributed by atoms with van der Waals surface area (Å²) >= 11 is 5.82. The van der Waals surface area contributed by atoms with Crippen LogP contribution in [0.5, 0.6) is 0 Å². The summed E-state index contributed by atoms with van der Waals surface area (Å²) in [6.07, 6.45) is 1.82. The molecule has 0 saturated heterocycles. The average Bonchev–Trinajstić information content (AvgIpc) is 2.72. The maximum absolute atomic E-state index is 12.8. The molecule has 0 spiro atoms. The zero-order chi connectivity index (χ0) is 22.1. The lowest BCUT2D eigenvalue weighted by Gasteiger charge is -2.18. The first-order chi connectivity index (χ1) is 14.3. The van der Waals surface area contributed by atoms with E-state index in [1.807, 2.05) is 6.92 Å². The van der Waals surface area contributed by atoms with E-state index in [1.54, 1.807) is 19.1 Å². The highest BCUT2D eigenvalue weighted by Gasteiger charge is 2.25. The predicted molar refractivity (Wildman–Crippen MR) is 116 cm³/mol. The molecule has 2 N–H and O–H groups in total. The van der Waals surface area contributed by atoms with Gasteiger partial charge >= 0.3 is 5.97 Å². The fourth-order valence-corrected chi connectivity index (χ4v) is 4.01. The van der Waals surface area contributed by atoms with Gasteiger partial charge in [-0.15, -0.1) is 0 Å². The van der Waals surface area contributed by atoms with E-state index in [9.17, 15) is 18.0 Å². The summed E-state index contributed by atoms with van der Waals surface area (Å²) in [7, 11) is -3.90. The predicted octanol–water partition coefficient (Wildman–Crippen LogP) is 3.99. The van der Waals surface area contributed by atoms with Crippen molar-refractivity contribution >= 4 is 39.2 Å². The Morgan fingerprint density at radius 2 is 1.67 bits per heavy atom. The molecule has 162 valence electrons. The Hall–Kier alpha value is -2.42. The molecule has 0 fully saturated rings. The molecule has 0 bridgehead atoms. The Bertz CT molecular complexity index is 960. The topological polar surface area (TPSA) is 102 Å². The normalized spacial score (nSPS) is 12.2. The van der Waals surface area contributed by atoms with Crippen molar-refractivity contribution in [3.8, 4) is 0 Å². The number of rotatable bonds is 10. The molecule has 0 aliphatic heterocycles. The number of hydrogen-bond acceptors (Lipinski definition) is 5. The van der Waals surface area contributed by atoms with E-state index in [2.05, 4.69) is 10.0 Å². The highest BCUT2D eigenvalue weighted by molar-refractivity contribution is 7.89. The molecule has 9 heteroatoms. The van der Waals surface area contributed by atoms with E-state index in [4.69, 9.17) is 16.3 Å². The van der Waals surface area contributed by atoms with Gasteiger partial charge in [0.15, 0.2) is 0 Å². The van der Waals surface area contributed by atoms with Crippen molar-refractivity contribution in [3.05, 3.63) is 59.1 Å². The van der Waals surface area contributed by atoms with Crippen molar-refractivity contribution in [1.82, 2.24) is 4.72 Å². The standard InChI is InChI=1S/C21H25ClN2O5S/c1-3-5-6-19(24-30(27,28)18-13-9-16(22)10-14-18)20(25)23-17-11-7-15(8-12-17)21(26)29-4-2/h7-14,19,24H,3-6H2,1-2H3,(H,23,25). The first-order valence-electron chi connectivity index (χ1n) is 9.62. The van der Waals surface area contributed by atoms with Crippen LogP contribution in [0.15, 0.2) is 53.4 Å². The molecule has 1 unspecified atom stereocenters. The molecule has 0 heterocycles. The second kappa shape index (κ2) is 11.1. The third-order valence-electron chi connectivity index (χ3n) is 4.25. The summed E-state index contributed by atoms with van der Waals surface area (Å²) in [4.78, 5) is 24.5. The molecule has 0 radical (unpaired) electrons. The third kappa shape index (κ3) is 6.83. The monoisotopic (exact) mass is 452 g/mol. The van der Waals surface area contributed by atoms with Crippen LogP contribution >= 0.6 is 11.6 Å². The van der Waals surface area contributed by atoms with Gasteiger partial charge in [-0.05, 0) is 61.9 Å².